The van der Waals surface area contributed by atoms with E-state index in [1.54, 1.807) is 12.1 Å². The first-order chi connectivity index (χ1) is 9.43. The molecule has 0 atom stereocenters. The summed E-state index contributed by atoms with van der Waals surface area (Å²) in [5, 5.41) is 8.64. The van der Waals surface area contributed by atoms with Crippen molar-refractivity contribution in [3.8, 4) is 6.07 Å². The first-order valence-corrected chi connectivity index (χ1v) is 7.59. The quantitative estimate of drug-likeness (QED) is 0.761. The molecule has 0 aliphatic heterocycles. The smallest absolute Gasteiger partial charge is 0.245 e. The molecule has 0 spiro atoms. The van der Waals surface area contributed by atoms with Crippen LogP contribution in [0.25, 0.3) is 0 Å². The van der Waals surface area contributed by atoms with Crippen LogP contribution >= 0.6 is 0 Å². The Labute approximate surface area is 119 Å². The van der Waals surface area contributed by atoms with Gasteiger partial charge in [-0.3, -0.25) is 0 Å². The molecule has 0 amide bonds. The van der Waals surface area contributed by atoms with Gasteiger partial charge in [0.1, 0.15) is 4.90 Å². The van der Waals surface area contributed by atoms with Crippen LogP contribution in [0, 0.1) is 18.3 Å². The first-order valence-electron chi connectivity index (χ1n) is 6.15. The number of ether oxygens (including phenoxy) is 1. The van der Waals surface area contributed by atoms with Gasteiger partial charge in [0.25, 0.3) is 0 Å². The fraction of sp³-hybridized carbons (Fsp3) is 0.462. The van der Waals surface area contributed by atoms with Gasteiger partial charge in [-0.2, -0.15) is 9.57 Å². The molecule has 0 radical (unpaired) electrons. The van der Waals surface area contributed by atoms with E-state index in [1.807, 2.05) is 13.0 Å². The monoisotopic (exact) mass is 297 g/mol. The lowest BCUT2D eigenvalue weighted by Gasteiger charge is -2.21. The van der Waals surface area contributed by atoms with Crippen molar-refractivity contribution in [2.45, 2.75) is 18.2 Å². The van der Waals surface area contributed by atoms with Gasteiger partial charge in [0.15, 0.2) is 0 Å². The molecule has 1 rings (SSSR count). The molecule has 0 aliphatic rings. The maximum absolute atomic E-state index is 12.6. The molecule has 0 aliphatic carbocycles. The molecule has 0 saturated carbocycles. The summed E-state index contributed by atoms with van der Waals surface area (Å²) in [6.45, 7) is 2.41. The van der Waals surface area contributed by atoms with E-state index in [9.17, 15) is 8.42 Å². The van der Waals surface area contributed by atoms with Gasteiger partial charge in [0, 0.05) is 26.6 Å². The minimum Gasteiger partial charge on any atom is -0.398 e. The molecule has 2 N–H and O–H groups in total. The molecule has 0 saturated heterocycles. The average Bonchev–Trinajstić information content (AvgIpc) is 2.38. The summed E-state index contributed by atoms with van der Waals surface area (Å²) in [4.78, 5) is 0.0668. The number of nitriles is 1. The van der Waals surface area contributed by atoms with E-state index < -0.39 is 10.0 Å². The highest BCUT2D eigenvalue weighted by Gasteiger charge is 2.25. The van der Waals surface area contributed by atoms with Crippen LogP contribution in [0.3, 0.4) is 0 Å². The van der Waals surface area contributed by atoms with Crippen LogP contribution < -0.4 is 5.73 Å². The van der Waals surface area contributed by atoms with Crippen molar-refractivity contribution in [1.82, 2.24) is 4.31 Å². The summed E-state index contributed by atoms with van der Waals surface area (Å²) < 4.78 is 31.2. The Morgan fingerprint density at radius 2 is 2.10 bits per heavy atom. The van der Waals surface area contributed by atoms with Crippen LogP contribution in [-0.4, -0.2) is 39.5 Å². The van der Waals surface area contributed by atoms with Crippen LogP contribution in [0.5, 0.6) is 0 Å². The van der Waals surface area contributed by atoms with Gasteiger partial charge in [0.2, 0.25) is 10.0 Å². The Balaban J connectivity index is 3.11. The number of nitrogens with two attached hydrogens (primary N) is 1. The second-order valence-corrected chi connectivity index (χ2v) is 6.25. The van der Waals surface area contributed by atoms with E-state index in [1.165, 1.54) is 17.5 Å². The SMILES string of the molecule is COCCN(CCC#N)S(=O)(=O)c1ccc(C)cc1N. The maximum Gasteiger partial charge on any atom is 0.245 e. The molecular weight excluding hydrogens is 278 g/mol. The van der Waals surface area contributed by atoms with Crippen LogP contribution in [0.2, 0.25) is 0 Å². The topological polar surface area (TPSA) is 96.4 Å². The van der Waals surface area contributed by atoms with Gasteiger partial charge in [-0.05, 0) is 24.6 Å². The Kier molecular flexibility index (Phi) is 5.95. The zero-order chi connectivity index (χ0) is 15.2. The second-order valence-electron chi connectivity index (χ2n) is 4.35. The number of nitrogens with zero attached hydrogens (tertiary/aromatic N) is 2. The van der Waals surface area contributed by atoms with Crippen molar-refractivity contribution in [3.63, 3.8) is 0 Å². The molecule has 0 heterocycles. The number of aryl methyl sites for hydroxylation is 1. The number of nitrogen functional groups attached to an aromatic ring is 1. The third kappa shape index (κ3) is 3.93. The van der Waals surface area contributed by atoms with Gasteiger partial charge < -0.3 is 10.5 Å². The molecule has 0 fully saturated rings. The van der Waals surface area contributed by atoms with Gasteiger partial charge in [-0.15, -0.1) is 0 Å². The summed E-state index contributed by atoms with van der Waals surface area (Å²) in [5.41, 5.74) is 6.90. The molecule has 20 heavy (non-hydrogen) atoms. The highest BCUT2D eigenvalue weighted by atomic mass is 32.2. The number of hydrogen-bond acceptors (Lipinski definition) is 5. The number of anilines is 1. The molecular formula is C13H19N3O3S. The Hall–Kier alpha value is -1.62. The standard InChI is InChI=1S/C13H19N3O3S/c1-11-4-5-13(12(15)10-11)20(17,18)16(7-3-6-14)8-9-19-2/h4-5,10H,3,7-9,15H2,1-2H3. The fourth-order valence-electron chi connectivity index (χ4n) is 1.76. The molecule has 6 nitrogen and oxygen atoms in total. The molecule has 1 aromatic rings. The zero-order valence-electron chi connectivity index (χ0n) is 11.7. The van der Waals surface area contributed by atoms with Crippen molar-refractivity contribution in [3.05, 3.63) is 23.8 Å². The summed E-state index contributed by atoms with van der Waals surface area (Å²) in [5.74, 6) is 0. The van der Waals surface area contributed by atoms with E-state index in [0.29, 0.717) is 0 Å². The Bertz CT molecular complexity index is 593. The lowest BCUT2D eigenvalue weighted by molar-refractivity contribution is 0.179. The molecule has 0 bridgehead atoms. The van der Waals surface area contributed by atoms with E-state index in [0.717, 1.165) is 5.56 Å². The molecule has 7 heteroatoms. The third-order valence-electron chi connectivity index (χ3n) is 2.80. The van der Waals surface area contributed by atoms with Crippen molar-refractivity contribution >= 4 is 15.7 Å². The number of rotatable bonds is 7. The molecule has 110 valence electrons. The summed E-state index contributed by atoms with van der Waals surface area (Å²) in [7, 11) is -2.22. The van der Waals surface area contributed by atoms with Crippen molar-refractivity contribution < 1.29 is 13.2 Å². The number of benzene rings is 1. The minimum atomic E-state index is -3.72. The number of methoxy groups -OCH3 is 1. The van der Waals surface area contributed by atoms with Crippen molar-refractivity contribution in [1.29, 1.82) is 5.26 Å². The van der Waals surface area contributed by atoms with Gasteiger partial charge >= 0.3 is 0 Å². The Morgan fingerprint density at radius 1 is 1.40 bits per heavy atom. The largest absolute Gasteiger partial charge is 0.398 e. The predicted molar refractivity (Wildman–Crippen MR) is 76.5 cm³/mol. The van der Waals surface area contributed by atoms with E-state index in [2.05, 4.69) is 0 Å². The highest BCUT2D eigenvalue weighted by molar-refractivity contribution is 7.89. The molecule has 0 aromatic heterocycles. The molecule has 0 unspecified atom stereocenters. The van der Waals surface area contributed by atoms with E-state index in [4.69, 9.17) is 15.7 Å². The van der Waals surface area contributed by atoms with Gasteiger partial charge in [0.05, 0.1) is 18.4 Å². The van der Waals surface area contributed by atoms with E-state index in [-0.39, 0.29) is 36.7 Å². The fourth-order valence-corrected chi connectivity index (χ4v) is 3.28. The van der Waals surface area contributed by atoms with Crippen LogP contribution in [-0.2, 0) is 14.8 Å². The number of hydrogen-bond donors (Lipinski definition) is 1. The zero-order valence-corrected chi connectivity index (χ0v) is 12.5. The van der Waals surface area contributed by atoms with Gasteiger partial charge in [-0.25, -0.2) is 8.42 Å². The summed E-state index contributed by atoms with van der Waals surface area (Å²) >= 11 is 0. The summed E-state index contributed by atoms with van der Waals surface area (Å²) in [6.07, 6.45) is 0.120. The van der Waals surface area contributed by atoms with Crippen molar-refractivity contribution in [2.24, 2.45) is 0 Å². The lowest BCUT2D eigenvalue weighted by Crippen LogP contribution is -2.35. The number of sulfonamides is 1. The maximum atomic E-state index is 12.6. The second kappa shape index (κ2) is 7.24. The van der Waals surface area contributed by atoms with Crippen molar-refractivity contribution in [2.75, 3.05) is 32.5 Å². The van der Waals surface area contributed by atoms with Crippen LogP contribution in [0.15, 0.2) is 23.1 Å². The first kappa shape index (κ1) is 16.4. The average molecular weight is 297 g/mol. The lowest BCUT2D eigenvalue weighted by atomic mass is 10.2. The van der Waals surface area contributed by atoms with Crippen LogP contribution in [0.4, 0.5) is 5.69 Å². The Morgan fingerprint density at radius 3 is 2.65 bits per heavy atom. The molecule has 1 aromatic carbocycles. The highest BCUT2D eigenvalue weighted by Crippen LogP contribution is 2.23. The third-order valence-corrected chi connectivity index (χ3v) is 4.77. The predicted octanol–water partition coefficient (Wildman–Crippen LogP) is 1.13. The summed E-state index contributed by atoms with van der Waals surface area (Å²) in [6, 6.07) is 6.75. The van der Waals surface area contributed by atoms with Crippen LogP contribution in [0.1, 0.15) is 12.0 Å². The van der Waals surface area contributed by atoms with Gasteiger partial charge in [-0.1, -0.05) is 6.07 Å². The minimum absolute atomic E-state index is 0.0668. The van der Waals surface area contributed by atoms with E-state index >= 15 is 0 Å². The normalized spacial score (nSPS) is 11.5.